The van der Waals surface area contributed by atoms with Crippen LogP contribution in [0.15, 0.2) is 41.3 Å². The molecule has 0 aromatic heterocycles. The number of benzene rings is 2. The molecule has 0 bridgehead atoms. The molecule has 10 heteroatoms. The van der Waals surface area contributed by atoms with Crippen LogP contribution in [0.4, 0.5) is 22.0 Å². The van der Waals surface area contributed by atoms with Crippen molar-refractivity contribution in [1.29, 1.82) is 0 Å². The smallest absolute Gasteiger partial charge is 0.207 e. The first-order chi connectivity index (χ1) is 11.0. The molecule has 0 aliphatic heterocycles. The molecule has 0 radical (unpaired) electrons. The number of sulfonamides is 1. The Morgan fingerprint density at radius 3 is 2.33 bits per heavy atom. The zero-order chi connectivity index (χ0) is 18.1. The van der Waals surface area contributed by atoms with Gasteiger partial charge in [0.1, 0.15) is 16.5 Å². The fourth-order valence-corrected chi connectivity index (χ4v) is 3.41. The van der Waals surface area contributed by atoms with Crippen LogP contribution in [0.5, 0.6) is 0 Å². The molecule has 0 fully saturated rings. The van der Waals surface area contributed by atoms with Gasteiger partial charge in [0, 0.05) is 12.1 Å². The lowest BCUT2D eigenvalue weighted by molar-refractivity contribution is -0.140. The molecule has 2 aromatic rings. The minimum absolute atomic E-state index is 0.410. The van der Waals surface area contributed by atoms with E-state index in [0.29, 0.717) is 6.07 Å². The van der Waals surface area contributed by atoms with Crippen LogP contribution < -0.4 is 4.72 Å². The van der Waals surface area contributed by atoms with Crippen LogP contribution in [0.2, 0.25) is 5.02 Å². The SMILES string of the molecule is O=S(=O)(NCc1cccc(C(F)(F)F)c1F)c1ccc(F)cc1Cl. The Balaban J connectivity index is 2.28. The van der Waals surface area contributed by atoms with Crippen LogP contribution in [-0.2, 0) is 22.7 Å². The summed E-state index contributed by atoms with van der Waals surface area (Å²) in [5.74, 6) is -2.33. The van der Waals surface area contributed by atoms with Gasteiger partial charge in [0.05, 0.1) is 10.6 Å². The number of halogens is 6. The summed E-state index contributed by atoms with van der Waals surface area (Å²) in [5, 5.41) is -0.410. The Morgan fingerprint density at radius 1 is 1.08 bits per heavy atom. The van der Waals surface area contributed by atoms with Gasteiger partial charge in [-0.2, -0.15) is 13.2 Å². The number of hydrogen-bond acceptors (Lipinski definition) is 2. The van der Waals surface area contributed by atoms with Crippen molar-refractivity contribution in [2.75, 3.05) is 0 Å². The van der Waals surface area contributed by atoms with Gasteiger partial charge in [0.2, 0.25) is 10.0 Å². The Hall–Kier alpha value is -1.71. The molecule has 0 aliphatic rings. The van der Waals surface area contributed by atoms with E-state index in [2.05, 4.69) is 0 Å². The number of hydrogen-bond donors (Lipinski definition) is 1. The highest BCUT2D eigenvalue weighted by Gasteiger charge is 2.34. The summed E-state index contributed by atoms with van der Waals surface area (Å²) < 4.78 is 90.7. The highest BCUT2D eigenvalue weighted by molar-refractivity contribution is 7.89. The van der Waals surface area contributed by atoms with E-state index >= 15 is 0 Å². The van der Waals surface area contributed by atoms with Gasteiger partial charge in [-0.1, -0.05) is 23.7 Å². The monoisotopic (exact) mass is 385 g/mol. The quantitative estimate of drug-likeness (QED) is 0.805. The Morgan fingerprint density at radius 2 is 1.75 bits per heavy atom. The predicted molar refractivity (Wildman–Crippen MR) is 76.8 cm³/mol. The molecule has 2 rings (SSSR count). The van der Waals surface area contributed by atoms with Crippen LogP contribution in [-0.4, -0.2) is 8.42 Å². The molecular formula is C14H9ClF5NO2S. The average molecular weight is 386 g/mol. The second-order valence-electron chi connectivity index (χ2n) is 4.68. The minimum Gasteiger partial charge on any atom is -0.207 e. The van der Waals surface area contributed by atoms with Crippen molar-refractivity contribution in [3.05, 3.63) is 64.2 Å². The zero-order valence-corrected chi connectivity index (χ0v) is 13.2. The molecule has 130 valence electrons. The number of rotatable bonds is 4. The van der Waals surface area contributed by atoms with Crippen molar-refractivity contribution in [3.63, 3.8) is 0 Å². The molecule has 0 amide bonds. The Bertz CT molecular complexity index is 868. The van der Waals surface area contributed by atoms with Crippen molar-refractivity contribution in [3.8, 4) is 0 Å². The maximum absolute atomic E-state index is 13.8. The number of nitrogens with one attached hydrogen (secondary N) is 1. The van der Waals surface area contributed by atoms with Crippen LogP contribution in [0.3, 0.4) is 0 Å². The van der Waals surface area contributed by atoms with Crippen molar-refractivity contribution in [2.45, 2.75) is 17.6 Å². The summed E-state index contributed by atoms with van der Waals surface area (Å²) in [7, 11) is -4.27. The highest BCUT2D eigenvalue weighted by atomic mass is 35.5. The Labute approximate surface area is 139 Å². The van der Waals surface area contributed by atoms with Gasteiger partial charge in [-0.25, -0.2) is 21.9 Å². The molecular weight excluding hydrogens is 377 g/mol. The van der Waals surface area contributed by atoms with Gasteiger partial charge < -0.3 is 0 Å². The molecule has 3 nitrogen and oxygen atoms in total. The zero-order valence-electron chi connectivity index (χ0n) is 11.7. The molecule has 0 saturated carbocycles. The summed E-state index contributed by atoms with van der Waals surface area (Å²) in [5.41, 5.74) is -1.99. The standard InChI is InChI=1S/C14H9ClF5NO2S/c15-11-6-9(16)4-5-12(11)24(22,23)21-7-8-2-1-3-10(13(8)17)14(18,19)20/h1-6,21H,7H2. The van der Waals surface area contributed by atoms with Crippen LogP contribution >= 0.6 is 11.6 Å². The van der Waals surface area contributed by atoms with Crippen molar-refractivity contribution < 1.29 is 30.4 Å². The fourth-order valence-electron chi connectivity index (χ4n) is 1.88. The molecule has 1 N–H and O–H groups in total. The molecule has 24 heavy (non-hydrogen) atoms. The van der Waals surface area contributed by atoms with Gasteiger partial charge >= 0.3 is 6.18 Å². The summed E-state index contributed by atoms with van der Waals surface area (Å²) in [6.45, 7) is -0.730. The molecule has 0 aliphatic carbocycles. The van der Waals surface area contributed by atoms with Gasteiger partial charge in [0.25, 0.3) is 0 Å². The van der Waals surface area contributed by atoms with Gasteiger partial charge in [0.15, 0.2) is 0 Å². The second kappa shape index (κ2) is 6.66. The lowest BCUT2D eigenvalue weighted by atomic mass is 10.1. The normalized spacial score (nSPS) is 12.4. The Kier molecular flexibility index (Phi) is 5.17. The summed E-state index contributed by atoms with van der Waals surface area (Å²) in [4.78, 5) is -0.474. The largest absolute Gasteiger partial charge is 0.419 e. The third-order valence-corrected chi connectivity index (χ3v) is 4.90. The topological polar surface area (TPSA) is 46.2 Å². The van der Waals surface area contributed by atoms with E-state index in [1.165, 1.54) is 0 Å². The molecule has 0 unspecified atom stereocenters. The summed E-state index contributed by atoms with van der Waals surface area (Å²) >= 11 is 5.63. The lowest BCUT2D eigenvalue weighted by Gasteiger charge is -2.12. The second-order valence-corrected chi connectivity index (χ2v) is 6.82. The predicted octanol–water partition coefficient (Wildman–Crippen LogP) is 4.12. The average Bonchev–Trinajstić information content (AvgIpc) is 2.44. The third kappa shape index (κ3) is 4.03. The highest BCUT2D eigenvalue weighted by Crippen LogP contribution is 2.32. The number of alkyl halides is 3. The van der Waals surface area contributed by atoms with Crippen LogP contribution in [0.1, 0.15) is 11.1 Å². The maximum Gasteiger partial charge on any atom is 0.419 e. The molecule has 0 saturated heterocycles. The van der Waals surface area contributed by atoms with E-state index < -0.39 is 55.4 Å². The van der Waals surface area contributed by atoms with E-state index in [-0.39, 0.29) is 0 Å². The van der Waals surface area contributed by atoms with E-state index in [9.17, 15) is 30.4 Å². The van der Waals surface area contributed by atoms with Gasteiger partial charge in [-0.15, -0.1) is 0 Å². The molecule has 0 atom stereocenters. The van der Waals surface area contributed by atoms with Gasteiger partial charge in [-0.05, 0) is 24.3 Å². The molecule has 2 aromatic carbocycles. The van der Waals surface area contributed by atoms with Crippen LogP contribution in [0.25, 0.3) is 0 Å². The summed E-state index contributed by atoms with van der Waals surface area (Å²) in [6, 6.07) is 5.03. The molecule has 0 spiro atoms. The van der Waals surface area contributed by atoms with E-state index in [1.807, 2.05) is 4.72 Å². The maximum atomic E-state index is 13.8. The van der Waals surface area contributed by atoms with Crippen molar-refractivity contribution in [2.24, 2.45) is 0 Å². The molecule has 0 heterocycles. The van der Waals surface area contributed by atoms with Crippen LogP contribution in [0, 0.1) is 11.6 Å². The van der Waals surface area contributed by atoms with E-state index in [4.69, 9.17) is 11.6 Å². The fraction of sp³-hybridized carbons (Fsp3) is 0.143. The lowest BCUT2D eigenvalue weighted by Crippen LogP contribution is -2.24. The van der Waals surface area contributed by atoms with Gasteiger partial charge in [-0.3, -0.25) is 0 Å². The van der Waals surface area contributed by atoms with E-state index in [1.54, 1.807) is 0 Å². The van der Waals surface area contributed by atoms with E-state index in [0.717, 1.165) is 30.3 Å². The first-order valence-electron chi connectivity index (χ1n) is 6.31. The summed E-state index contributed by atoms with van der Waals surface area (Å²) in [6.07, 6.45) is -4.90. The first-order valence-corrected chi connectivity index (χ1v) is 8.18. The first kappa shape index (κ1) is 18.6. The minimum atomic E-state index is -4.90. The van der Waals surface area contributed by atoms with Crippen molar-refractivity contribution in [1.82, 2.24) is 4.72 Å². The van der Waals surface area contributed by atoms with Crippen molar-refractivity contribution >= 4 is 21.6 Å². The third-order valence-electron chi connectivity index (χ3n) is 3.02.